The van der Waals surface area contributed by atoms with Crippen LogP contribution in [-0.2, 0) is 6.54 Å². The largest absolute Gasteiger partial charge is 0.381 e. The first kappa shape index (κ1) is 10.7. The Hall–Kier alpha value is -1.83. The third-order valence-electron chi connectivity index (χ3n) is 2.43. The number of aryl methyl sites for hydroxylation is 1. The first-order valence-corrected chi connectivity index (χ1v) is 5.29. The van der Waals surface area contributed by atoms with Crippen molar-refractivity contribution < 1.29 is 4.39 Å². The molecule has 2 rings (SSSR count). The van der Waals surface area contributed by atoms with E-state index >= 15 is 0 Å². The number of anilines is 1. The van der Waals surface area contributed by atoms with E-state index in [-0.39, 0.29) is 5.82 Å². The summed E-state index contributed by atoms with van der Waals surface area (Å²) in [7, 11) is 0. The van der Waals surface area contributed by atoms with Crippen LogP contribution in [-0.4, -0.2) is 0 Å². The van der Waals surface area contributed by atoms with Crippen molar-refractivity contribution in [3.05, 3.63) is 65.5 Å². The smallest absolute Gasteiger partial charge is 0.123 e. The van der Waals surface area contributed by atoms with Gasteiger partial charge in [-0.1, -0.05) is 24.3 Å². The maximum absolute atomic E-state index is 12.7. The highest BCUT2D eigenvalue weighted by atomic mass is 19.1. The number of hydrogen-bond donors (Lipinski definition) is 1. The normalized spacial score (nSPS) is 10.1. The Kier molecular flexibility index (Phi) is 3.20. The molecule has 2 aromatic carbocycles. The maximum atomic E-state index is 12.7. The molecule has 0 bridgehead atoms. The van der Waals surface area contributed by atoms with Gasteiger partial charge in [0.1, 0.15) is 5.82 Å². The molecule has 0 radical (unpaired) electrons. The van der Waals surface area contributed by atoms with Crippen LogP contribution < -0.4 is 5.32 Å². The summed E-state index contributed by atoms with van der Waals surface area (Å²) in [6.45, 7) is 2.77. The van der Waals surface area contributed by atoms with Crippen molar-refractivity contribution in [2.75, 3.05) is 5.32 Å². The van der Waals surface area contributed by atoms with Crippen LogP contribution >= 0.6 is 0 Å². The highest BCUT2D eigenvalue weighted by Gasteiger charge is 1.95. The van der Waals surface area contributed by atoms with Crippen LogP contribution in [0.25, 0.3) is 0 Å². The van der Waals surface area contributed by atoms with Crippen molar-refractivity contribution in [2.24, 2.45) is 0 Å². The van der Waals surface area contributed by atoms with Crippen molar-refractivity contribution in [3.8, 4) is 0 Å². The van der Waals surface area contributed by atoms with Gasteiger partial charge in [0.25, 0.3) is 0 Å². The van der Waals surface area contributed by atoms with Gasteiger partial charge >= 0.3 is 0 Å². The zero-order chi connectivity index (χ0) is 11.4. The molecule has 0 aromatic heterocycles. The molecule has 0 amide bonds. The zero-order valence-corrected chi connectivity index (χ0v) is 9.20. The Morgan fingerprint density at radius 1 is 1.06 bits per heavy atom. The van der Waals surface area contributed by atoms with Gasteiger partial charge in [-0.05, 0) is 42.3 Å². The third kappa shape index (κ3) is 2.83. The Balaban J connectivity index is 1.99. The minimum absolute atomic E-state index is 0.195. The summed E-state index contributed by atoms with van der Waals surface area (Å²) >= 11 is 0. The van der Waals surface area contributed by atoms with Crippen LogP contribution in [0.5, 0.6) is 0 Å². The van der Waals surface area contributed by atoms with E-state index in [9.17, 15) is 4.39 Å². The molecule has 1 N–H and O–H groups in total. The number of hydrogen-bond acceptors (Lipinski definition) is 1. The van der Waals surface area contributed by atoms with Crippen LogP contribution in [0.3, 0.4) is 0 Å². The third-order valence-corrected chi connectivity index (χ3v) is 2.43. The molecule has 1 nitrogen and oxygen atoms in total. The molecule has 0 fully saturated rings. The van der Waals surface area contributed by atoms with Crippen molar-refractivity contribution in [3.63, 3.8) is 0 Å². The van der Waals surface area contributed by atoms with Crippen LogP contribution in [0.15, 0.2) is 48.5 Å². The number of rotatable bonds is 3. The van der Waals surface area contributed by atoms with E-state index < -0.39 is 0 Å². The fourth-order valence-corrected chi connectivity index (χ4v) is 1.56. The van der Waals surface area contributed by atoms with Crippen molar-refractivity contribution in [2.45, 2.75) is 13.5 Å². The molecule has 2 aromatic rings. The second kappa shape index (κ2) is 4.79. The Bertz CT molecular complexity index is 462. The second-order valence-corrected chi connectivity index (χ2v) is 3.85. The minimum atomic E-state index is -0.195. The second-order valence-electron chi connectivity index (χ2n) is 3.85. The van der Waals surface area contributed by atoms with E-state index in [0.29, 0.717) is 6.54 Å². The Labute approximate surface area is 94.9 Å². The van der Waals surface area contributed by atoms with E-state index in [4.69, 9.17) is 0 Å². The predicted octanol–water partition coefficient (Wildman–Crippen LogP) is 3.75. The molecule has 0 aliphatic rings. The lowest BCUT2D eigenvalue weighted by Crippen LogP contribution is -1.99. The molecular weight excluding hydrogens is 201 g/mol. The molecule has 0 saturated heterocycles. The summed E-state index contributed by atoms with van der Waals surface area (Å²) in [4.78, 5) is 0. The Morgan fingerprint density at radius 2 is 1.81 bits per heavy atom. The van der Waals surface area contributed by atoms with Gasteiger partial charge in [0.15, 0.2) is 0 Å². The molecular formula is C14H14FN. The van der Waals surface area contributed by atoms with E-state index in [0.717, 1.165) is 11.3 Å². The van der Waals surface area contributed by atoms with Crippen LogP contribution in [0.2, 0.25) is 0 Å². The lowest BCUT2D eigenvalue weighted by molar-refractivity contribution is 0.627. The zero-order valence-electron chi connectivity index (χ0n) is 9.20. The first-order valence-electron chi connectivity index (χ1n) is 5.29. The fourth-order valence-electron chi connectivity index (χ4n) is 1.56. The summed E-state index contributed by atoms with van der Waals surface area (Å²) in [5, 5.41) is 3.30. The molecule has 0 heterocycles. The summed E-state index contributed by atoms with van der Waals surface area (Å²) in [6.07, 6.45) is 0. The van der Waals surface area contributed by atoms with Crippen molar-refractivity contribution in [1.82, 2.24) is 0 Å². The van der Waals surface area contributed by atoms with Crippen LogP contribution in [0.4, 0.5) is 10.1 Å². The number of nitrogens with one attached hydrogen (secondary N) is 1. The molecule has 16 heavy (non-hydrogen) atoms. The lowest BCUT2D eigenvalue weighted by Gasteiger charge is -2.07. The summed E-state index contributed by atoms with van der Waals surface area (Å²) in [6, 6.07) is 14.7. The van der Waals surface area contributed by atoms with Crippen LogP contribution in [0.1, 0.15) is 11.1 Å². The quantitative estimate of drug-likeness (QED) is 0.822. The topological polar surface area (TPSA) is 12.0 Å². The highest BCUT2D eigenvalue weighted by Crippen LogP contribution is 2.11. The molecule has 0 unspecified atom stereocenters. The number of halogens is 1. The summed E-state index contributed by atoms with van der Waals surface area (Å²) in [5.41, 5.74) is 3.39. The van der Waals surface area contributed by atoms with Gasteiger partial charge in [0.2, 0.25) is 0 Å². The fraction of sp³-hybridized carbons (Fsp3) is 0.143. The van der Waals surface area contributed by atoms with Gasteiger partial charge in [0.05, 0.1) is 0 Å². The summed E-state index contributed by atoms with van der Waals surface area (Å²) < 4.78 is 12.7. The molecule has 0 aliphatic carbocycles. The van der Waals surface area contributed by atoms with Gasteiger partial charge in [0, 0.05) is 12.2 Å². The van der Waals surface area contributed by atoms with E-state index in [1.807, 2.05) is 12.1 Å². The minimum Gasteiger partial charge on any atom is -0.381 e. The maximum Gasteiger partial charge on any atom is 0.123 e. The van der Waals surface area contributed by atoms with Gasteiger partial charge < -0.3 is 5.32 Å². The predicted molar refractivity (Wildman–Crippen MR) is 64.9 cm³/mol. The standard InChI is InChI=1S/C14H14FN/c1-11-3-2-4-14(9-11)16-10-12-5-7-13(15)8-6-12/h2-9,16H,10H2,1H3. The van der Waals surface area contributed by atoms with Gasteiger partial charge in [-0.2, -0.15) is 0 Å². The van der Waals surface area contributed by atoms with Crippen molar-refractivity contribution in [1.29, 1.82) is 0 Å². The van der Waals surface area contributed by atoms with Crippen molar-refractivity contribution >= 4 is 5.69 Å². The van der Waals surface area contributed by atoms with Crippen LogP contribution in [0, 0.1) is 12.7 Å². The monoisotopic (exact) mass is 215 g/mol. The molecule has 2 heteroatoms. The van der Waals surface area contributed by atoms with E-state index in [1.165, 1.54) is 17.7 Å². The Morgan fingerprint density at radius 3 is 2.50 bits per heavy atom. The first-order chi connectivity index (χ1) is 7.74. The molecule has 0 spiro atoms. The number of benzene rings is 2. The summed E-state index contributed by atoms with van der Waals surface area (Å²) in [5.74, 6) is -0.195. The van der Waals surface area contributed by atoms with E-state index in [1.54, 1.807) is 12.1 Å². The lowest BCUT2D eigenvalue weighted by atomic mass is 10.2. The molecule has 0 aliphatic heterocycles. The molecule has 0 saturated carbocycles. The highest BCUT2D eigenvalue weighted by molar-refractivity contribution is 5.45. The van der Waals surface area contributed by atoms with Gasteiger partial charge in [-0.15, -0.1) is 0 Å². The van der Waals surface area contributed by atoms with Gasteiger partial charge in [-0.25, -0.2) is 4.39 Å². The average Bonchev–Trinajstić information content (AvgIpc) is 2.28. The van der Waals surface area contributed by atoms with E-state index in [2.05, 4.69) is 24.4 Å². The SMILES string of the molecule is Cc1cccc(NCc2ccc(F)cc2)c1. The average molecular weight is 215 g/mol. The molecule has 0 atom stereocenters. The van der Waals surface area contributed by atoms with Gasteiger partial charge in [-0.3, -0.25) is 0 Å². The molecule has 82 valence electrons.